The number of aryl methyl sites for hydroxylation is 3. The third-order valence-corrected chi connectivity index (χ3v) is 7.26. The first-order chi connectivity index (χ1) is 17.6. The first-order valence-corrected chi connectivity index (χ1v) is 12.7. The van der Waals surface area contributed by atoms with Crippen LogP contribution in [0.5, 0.6) is 0 Å². The van der Waals surface area contributed by atoms with Crippen molar-refractivity contribution in [3.8, 4) is 5.69 Å². The minimum atomic E-state index is 0.998. The fraction of sp³-hybridized carbons (Fsp3) is 0.152. The van der Waals surface area contributed by atoms with Crippen LogP contribution < -0.4 is 9.47 Å². The van der Waals surface area contributed by atoms with Crippen molar-refractivity contribution >= 4 is 34.2 Å². The summed E-state index contributed by atoms with van der Waals surface area (Å²) in [6, 6.07) is 30.8. The van der Waals surface area contributed by atoms with Crippen molar-refractivity contribution in [2.45, 2.75) is 33.6 Å². The molecule has 0 saturated heterocycles. The molecule has 0 radical (unpaired) electrons. The van der Waals surface area contributed by atoms with Crippen molar-refractivity contribution in [3.63, 3.8) is 0 Å². The number of hydrogen-bond acceptors (Lipinski definition) is 1. The van der Waals surface area contributed by atoms with Crippen LogP contribution in [0.15, 0.2) is 97.3 Å². The normalized spacial score (nSPS) is 13.5. The molecular weight excluding hydrogens is 438 g/mol. The number of rotatable bonds is 5. The van der Waals surface area contributed by atoms with Crippen molar-refractivity contribution < 1.29 is 9.14 Å². The van der Waals surface area contributed by atoms with Crippen LogP contribution in [0.3, 0.4) is 0 Å². The molecule has 0 saturated carbocycles. The smallest absolute Gasteiger partial charge is 0.220 e. The zero-order chi connectivity index (χ0) is 24.8. The summed E-state index contributed by atoms with van der Waals surface area (Å²) < 4.78 is 4.40. The Kier molecular flexibility index (Phi) is 5.41. The number of hydrogen-bond donors (Lipinski definition) is 0. The van der Waals surface area contributed by atoms with Crippen molar-refractivity contribution in [1.29, 1.82) is 0 Å². The summed E-state index contributed by atoms with van der Waals surface area (Å²) in [5.74, 6) is 0. The highest BCUT2D eigenvalue weighted by molar-refractivity contribution is 6.04. The summed E-state index contributed by atoms with van der Waals surface area (Å²) in [4.78, 5) is 2.30. The van der Waals surface area contributed by atoms with E-state index in [-0.39, 0.29) is 0 Å². The van der Waals surface area contributed by atoms with E-state index < -0.39 is 0 Å². The van der Waals surface area contributed by atoms with Gasteiger partial charge in [0.15, 0.2) is 0 Å². The van der Waals surface area contributed by atoms with Gasteiger partial charge in [-0.2, -0.15) is 0 Å². The predicted octanol–water partition coefficient (Wildman–Crippen LogP) is 7.10. The van der Waals surface area contributed by atoms with Crippen LogP contribution in [-0.2, 0) is 6.42 Å². The molecule has 0 N–H and O–H groups in total. The number of para-hydroxylation sites is 3. The highest BCUT2D eigenvalue weighted by Gasteiger charge is 2.31. The number of nitrogens with zero attached hydrogens (tertiary/aromatic N) is 3. The highest BCUT2D eigenvalue weighted by Crippen LogP contribution is 2.37. The second-order valence-corrected chi connectivity index (χ2v) is 9.66. The highest BCUT2D eigenvalue weighted by atomic mass is 15.3. The van der Waals surface area contributed by atoms with Crippen LogP contribution in [0, 0.1) is 20.0 Å². The summed E-state index contributed by atoms with van der Waals surface area (Å²) in [7, 11) is 0. The average Bonchev–Trinajstić information content (AvgIpc) is 3.42. The van der Waals surface area contributed by atoms with Gasteiger partial charge in [0.05, 0.1) is 6.72 Å². The summed E-state index contributed by atoms with van der Waals surface area (Å²) in [6.07, 6.45) is 7.36. The van der Waals surface area contributed by atoms with Crippen molar-refractivity contribution in [2.75, 3.05) is 4.90 Å². The molecular formula is C33H31N3. The van der Waals surface area contributed by atoms with E-state index in [1.165, 1.54) is 55.4 Å². The molecule has 2 heterocycles. The van der Waals surface area contributed by atoms with Gasteiger partial charge in [-0.3, -0.25) is 9.48 Å². The van der Waals surface area contributed by atoms with E-state index in [0.717, 1.165) is 19.0 Å². The van der Waals surface area contributed by atoms with Crippen LogP contribution in [0.2, 0.25) is 0 Å². The lowest BCUT2D eigenvalue weighted by molar-refractivity contribution is -0.536. The Balaban J connectivity index is 1.53. The second-order valence-electron chi connectivity index (χ2n) is 9.66. The molecule has 0 spiro atoms. The molecule has 0 amide bonds. The summed E-state index contributed by atoms with van der Waals surface area (Å²) in [5.41, 5.74) is 9.96. The third-order valence-electron chi connectivity index (χ3n) is 7.26. The van der Waals surface area contributed by atoms with Gasteiger partial charge < -0.3 is 0 Å². The lowest BCUT2D eigenvalue weighted by Gasteiger charge is -2.29. The molecule has 1 aromatic heterocycles. The molecule has 4 aromatic carbocycles. The van der Waals surface area contributed by atoms with Gasteiger partial charge in [-0.1, -0.05) is 67.8 Å². The number of benzene rings is 4. The standard InChI is InChI=1S/C33H31N3/c1-5-11-25-22-26(36-30-16-8-6-14-28(30)29-15-7-9-17-31(29)36)18-19-27(25)33-34(4)20-21-35(33)32-23(2)12-10-13-24(32)3/h6-10,12-22H,4-5,11H2,1-3H3. The summed E-state index contributed by atoms with van der Waals surface area (Å²) in [6.45, 7) is 11.0. The molecule has 36 heavy (non-hydrogen) atoms. The Bertz CT molecular complexity index is 1580. The van der Waals surface area contributed by atoms with Crippen molar-refractivity contribution in [2.24, 2.45) is 0 Å². The third kappa shape index (κ3) is 3.43. The molecule has 0 fully saturated rings. The minimum absolute atomic E-state index is 0.998. The van der Waals surface area contributed by atoms with E-state index in [2.05, 4.69) is 134 Å². The SMILES string of the molecule is C=[N+]1C=CN(c2c(C)cccc2C)[C-]1c1ccc(-[n+]2c3ccccc3c3cccc[c-]32)cc1CCC. The molecule has 6 rings (SSSR count). The van der Waals surface area contributed by atoms with E-state index >= 15 is 0 Å². The lowest BCUT2D eigenvalue weighted by atomic mass is 9.98. The van der Waals surface area contributed by atoms with Crippen LogP contribution in [0.1, 0.15) is 35.6 Å². The molecule has 0 bridgehead atoms. The minimum Gasteiger partial charge on any atom is -0.297 e. The zero-order valence-corrected chi connectivity index (χ0v) is 21.2. The zero-order valence-electron chi connectivity index (χ0n) is 21.2. The van der Waals surface area contributed by atoms with E-state index in [9.17, 15) is 0 Å². The van der Waals surface area contributed by atoms with E-state index in [1.54, 1.807) is 0 Å². The van der Waals surface area contributed by atoms with Crippen LogP contribution in [-0.4, -0.2) is 11.3 Å². The Hall–Kier alpha value is -4.24. The van der Waals surface area contributed by atoms with Gasteiger partial charge in [-0.15, -0.1) is 24.3 Å². The Labute approximate surface area is 213 Å². The van der Waals surface area contributed by atoms with Crippen LogP contribution >= 0.6 is 0 Å². The number of anilines is 1. The average molecular weight is 470 g/mol. The maximum Gasteiger partial charge on any atom is 0.220 e. The van der Waals surface area contributed by atoms with E-state index in [0.29, 0.717) is 0 Å². The Morgan fingerprint density at radius 3 is 2.47 bits per heavy atom. The van der Waals surface area contributed by atoms with Gasteiger partial charge in [0.1, 0.15) is 22.9 Å². The Morgan fingerprint density at radius 2 is 1.67 bits per heavy atom. The maximum absolute atomic E-state index is 4.35. The quantitative estimate of drug-likeness (QED) is 0.197. The number of fused-ring (bicyclic) bond motifs is 3. The van der Waals surface area contributed by atoms with Gasteiger partial charge in [0.2, 0.25) is 6.17 Å². The van der Waals surface area contributed by atoms with E-state index in [4.69, 9.17) is 0 Å². The fourth-order valence-corrected chi connectivity index (χ4v) is 5.69. The van der Waals surface area contributed by atoms with Gasteiger partial charge in [0, 0.05) is 11.9 Å². The molecule has 178 valence electrons. The van der Waals surface area contributed by atoms with Gasteiger partial charge in [-0.25, -0.2) is 4.57 Å². The molecule has 3 nitrogen and oxygen atoms in total. The molecule has 0 atom stereocenters. The van der Waals surface area contributed by atoms with E-state index in [1.807, 2.05) is 4.58 Å². The first-order valence-electron chi connectivity index (χ1n) is 12.7. The predicted molar refractivity (Wildman–Crippen MR) is 150 cm³/mol. The molecule has 0 unspecified atom stereocenters. The summed E-state index contributed by atoms with van der Waals surface area (Å²) in [5, 5.41) is 2.57. The Morgan fingerprint density at radius 1 is 0.889 bits per heavy atom. The maximum atomic E-state index is 4.35. The monoisotopic (exact) mass is 469 g/mol. The molecule has 0 aliphatic carbocycles. The van der Waals surface area contributed by atoms with Crippen molar-refractivity contribution in [3.05, 3.63) is 126 Å². The molecule has 3 heteroatoms. The van der Waals surface area contributed by atoms with Crippen molar-refractivity contribution in [1.82, 2.24) is 0 Å². The topological polar surface area (TPSA) is 10.1 Å². The van der Waals surface area contributed by atoms with Crippen LogP contribution in [0.25, 0.3) is 27.5 Å². The van der Waals surface area contributed by atoms with Crippen LogP contribution in [0.4, 0.5) is 5.69 Å². The second kappa shape index (κ2) is 8.76. The lowest BCUT2D eigenvalue weighted by Crippen LogP contribution is -2.31. The first kappa shape index (κ1) is 22.2. The largest absolute Gasteiger partial charge is 0.297 e. The molecule has 1 aliphatic rings. The fourth-order valence-electron chi connectivity index (χ4n) is 5.69. The van der Waals surface area contributed by atoms with Gasteiger partial charge in [0.25, 0.3) is 0 Å². The van der Waals surface area contributed by atoms with Gasteiger partial charge in [-0.05, 0) is 59.5 Å². The van der Waals surface area contributed by atoms with Gasteiger partial charge >= 0.3 is 0 Å². The summed E-state index contributed by atoms with van der Waals surface area (Å²) >= 11 is 0. The number of aromatic nitrogens is 1. The molecule has 1 aliphatic heterocycles. The molecule has 5 aromatic rings.